The Morgan fingerprint density at radius 2 is 1.81 bits per heavy atom. The van der Waals surface area contributed by atoms with E-state index in [1.165, 1.54) is 0 Å². The SMILES string of the molecule is C=C(N=C1/C(=C\N)N(c2ccccc2)C(CCC)N1C)c1ccccc1C. The minimum atomic E-state index is 0.177. The zero-order chi connectivity index (χ0) is 19.4. The Hall–Kier alpha value is -3.01. The van der Waals surface area contributed by atoms with Crippen molar-refractivity contribution in [1.82, 2.24) is 4.90 Å². The maximum Gasteiger partial charge on any atom is 0.156 e. The highest BCUT2D eigenvalue weighted by molar-refractivity contribution is 6.06. The van der Waals surface area contributed by atoms with Crippen LogP contribution in [-0.2, 0) is 0 Å². The van der Waals surface area contributed by atoms with Gasteiger partial charge in [-0.05, 0) is 31.0 Å². The van der Waals surface area contributed by atoms with Crippen molar-refractivity contribution in [2.75, 3.05) is 11.9 Å². The summed E-state index contributed by atoms with van der Waals surface area (Å²) < 4.78 is 0. The molecule has 2 aromatic rings. The zero-order valence-corrected chi connectivity index (χ0v) is 16.4. The lowest BCUT2D eigenvalue weighted by Crippen LogP contribution is -2.37. The minimum Gasteiger partial charge on any atom is -0.403 e. The van der Waals surface area contributed by atoms with Crippen molar-refractivity contribution in [2.24, 2.45) is 10.7 Å². The number of hydrogen-bond acceptors (Lipinski definition) is 3. The van der Waals surface area contributed by atoms with Crippen LogP contribution in [0.3, 0.4) is 0 Å². The lowest BCUT2D eigenvalue weighted by atomic mass is 10.1. The Morgan fingerprint density at radius 1 is 1.15 bits per heavy atom. The van der Waals surface area contributed by atoms with Crippen molar-refractivity contribution in [1.29, 1.82) is 0 Å². The van der Waals surface area contributed by atoms with Gasteiger partial charge in [-0.25, -0.2) is 4.99 Å². The number of nitrogens with zero attached hydrogens (tertiary/aromatic N) is 3. The molecule has 0 saturated carbocycles. The molecule has 2 N–H and O–H groups in total. The molecule has 1 aliphatic rings. The van der Waals surface area contributed by atoms with Crippen LogP contribution in [0, 0.1) is 6.92 Å². The van der Waals surface area contributed by atoms with E-state index >= 15 is 0 Å². The van der Waals surface area contributed by atoms with Crippen molar-refractivity contribution in [3.05, 3.63) is 84.2 Å². The molecule has 1 fully saturated rings. The lowest BCUT2D eigenvalue weighted by Gasteiger charge is -2.29. The molecular formula is C23H28N4. The largest absolute Gasteiger partial charge is 0.403 e. The maximum atomic E-state index is 6.08. The number of amidine groups is 1. The maximum absolute atomic E-state index is 6.08. The van der Waals surface area contributed by atoms with Gasteiger partial charge in [0.1, 0.15) is 11.9 Å². The van der Waals surface area contributed by atoms with Gasteiger partial charge >= 0.3 is 0 Å². The fourth-order valence-corrected chi connectivity index (χ4v) is 3.62. The van der Waals surface area contributed by atoms with Crippen LogP contribution in [0.4, 0.5) is 5.69 Å². The molecule has 1 heterocycles. The van der Waals surface area contributed by atoms with Crippen molar-refractivity contribution in [3.8, 4) is 0 Å². The first kappa shape index (κ1) is 18.8. The summed E-state index contributed by atoms with van der Waals surface area (Å²) in [5.41, 5.74) is 11.1. The minimum absolute atomic E-state index is 0.177. The standard InChI is InChI=1S/C23H28N4/c1-5-11-22-26(4)23(25-18(3)20-15-10-9-12-17(20)2)21(16-24)27(22)19-13-7-6-8-14-19/h6-10,12-16,22H,3,5,11,24H2,1-2,4H3/b21-16+,25-23?. The first-order valence-electron chi connectivity index (χ1n) is 9.41. The van der Waals surface area contributed by atoms with E-state index in [0.717, 1.165) is 46.9 Å². The van der Waals surface area contributed by atoms with Gasteiger partial charge in [0, 0.05) is 24.5 Å². The van der Waals surface area contributed by atoms with E-state index in [9.17, 15) is 0 Å². The first-order chi connectivity index (χ1) is 13.1. The molecule has 0 radical (unpaired) electrons. The second-order valence-electron chi connectivity index (χ2n) is 6.83. The molecule has 0 bridgehead atoms. The summed E-state index contributed by atoms with van der Waals surface area (Å²) in [6.45, 7) is 8.50. The molecule has 3 rings (SSSR count). The van der Waals surface area contributed by atoms with Gasteiger partial charge < -0.3 is 15.5 Å². The van der Waals surface area contributed by atoms with Gasteiger partial charge in [0.25, 0.3) is 0 Å². The third kappa shape index (κ3) is 3.61. The molecule has 1 unspecified atom stereocenters. The lowest BCUT2D eigenvalue weighted by molar-refractivity contribution is 0.372. The first-order valence-corrected chi connectivity index (χ1v) is 9.41. The molecule has 27 heavy (non-hydrogen) atoms. The topological polar surface area (TPSA) is 44.9 Å². The van der Waals surface area contributed by atoms with E-state index in [4.69, 9.17) is 10.7 Å². The van der Waals surface area contributed by atoms with Crippen LogP contribution in [0.2, 0.25) is 0 Å². The van der Waals surface area contributed by atoms with Crippen LogP contribution in [0.1, 0.15) is 30.9 Å². The molecule has 0 amide bonds. The molecule has 0 aliphatic carbocycles. The van der Waals surface area contributed by atoms with Crippen molar-refractivity contribution >= 4 is 17.2 Å². The molecule has 1 aliphatic heterocycles. The predicted molar refractivity (Wildman–Crippen MR) is 115 cm³/mol. The Labute approximate surface area is 162 Å². The van der Waals surface area contributed by atoms with E-state index in [2.05, 4.69) is 61.5 Å². The second kappa shape index (κ2) is 8.12. The summed E-state index contributed by atoms with van der Waals surface area (Å²) in [5, 5.41) is 0. The highest BCUT2D eigenvalue weighted by Crippen LogP contribution is 2.34. The van der Waals surface area contributed by atoms with Gasteiger partial charge in [-0.3, -0.25) is 0 Å². The van der Waals surface area contributed by atoms with Crippen LogP contribution in [0.5, 0.6) is 0 Å². The molecule has 4 heteroatoms. The van der Waals surface area contributed by atoms with Crippen LogP contribution < -0.4 is 10.6 Å². The molecule has 1 atom stereocenters. The van der Waals surface area contributed by atoms with Crippen LogP contribution in [-0.4, -0.2) is 23.9 Å². The van der Waals surface area contributed by atoms with Gasteiger partial charge in [0.05, 0.1) is 5.70 Å². The Balaban J connectivity index is 2.05. The van der Waals surface area contributed by atoms with Gasteiger partial charge in [0.2, 0.25) is 0 Å². The number of likely N-dealkylation sites (N-methyl/N-ethyl adjacent to an activating group) is 1. The van der Waals surface area contributed by atoms with Gasteiger partial charge in [0.15, 0.2) is 5.84 Å². The summed E-state index contributed by atoms with van der Waals surface area (Å²) in [7, 11) is 2.08. The van der Waals surface area contributed by atoms with E-state index in [0.29, 0.717) is 0 Å². The molecule has 4 nitrogen and oxygen atoms in total. The van der Waals surface area contributed by atoms with Gasteiger partial charge in [-0.2, -0.15) is 0 Å². The molecule has 0 aromatic heterocycles. The van der Waals surface area contributed by atoms with E-state index < -0.39 is 0 Å². The number of aryl methyl sites for hydroxylation is 1. The predicted octanol–water partition coefficient (Wildman–Crippen LogP) is 4.74. The molecule has 1 saturated heterocycles. The average Bonchev–Trinajstić information content (AvgIpc) is 2.94. The van der Waals surface area contributed by atoms with E-state index in [1.54, 1.807) is 6.20 Å². The number of aliphatic imine (C=N–C) groups is 1. The van der Waals surface area contributed by atoms with Gasteiger partial charge in [-0.15, -0.1) is 0 Å². The third-order valence-corrected chi connectivity index (χ3v) is 5.00. The summed E-state index contributed by atoms with van der Waals surface area (Å²) >= 11 is 0. The summed E-state index contributed by atoms with van der Waals surface area (Å²) in [6.07, 6.45) is 3.92. The van der Waals surface area contributed by atoms with E-state index in [1.807, 2.05) is 30.3 Å². The number of rotatable bonds is 5. The Kier molecular flexibility index (Phi) is 5.65. The number of para-hydroxylation sites is 1. The molecule has 140 valence electrons. The fraction of sp³-hybridized carbons (Fsp3) is 0.261. The monoisotopic (exact) mass is 360 g/mol. The number of benzene rings is 2. The number of nitrogens with two attached hydrogens (primary N) is 1. The quantitative estimate of drug-likeness (QED) is 0.837. The normalized spacial score (nSPS) is 19.9. The smallest absolute Gasteiger partial charge is 0.156 e. The number of anilines is 1. The third-order valence-electron chi connectivity index (χ3n) is 5.00. The van der Waals surface area contributed by atoms with Crippen LogP contribution in [0.25, 0.3) is 5.70 Å². The van der Waals surface area contributed by atoms with Crippen molar-refractivity contribution in [2.45, 2.75) is 32.9 Å². The summed E-state index contributed by atoms with van der Waals surface area (Å²) in [4.78, 5) is 9.39. The Bertz CT molecular complexity index is 867. The van der Waals surface area contributed by atoms with Crippen molar-refractivity contribution < 1.29 is 0 Å². The second-order valence-corrected chi connectivity index (χ2v) is 6.83. The molecular weight excluding hydrogens is 332 g/mol. The highest BCUT2D eigenvalue weighted by Gasteiger charge is 2.38. The summed E-state index contributed by atoms with van der Waals surface area (Å²) in [6, 6.07) is 18.5. The average molecular weight is 361 g/mol. The van der Waals surface area contributed by atoms with Gasteiger partial charge in [-0.1, -0.05) is 62.4 Å². The number of hydrogen-bond donors (Lipinski definition) is 1. The van der Waals surface area contributed by atoms with Crippen LogP contribution >= 0.6 is 0 Å². The zero-order valence-electron chi connectivity index (χ0n) is 16.4. The molecule has 2 aromatic carbocycles. The fourth-order valence-electron chi connectivity index (χ4n) is 3.62. The molecule has 0 spiro atoms. The van der Waals surface area contributed by atoms with Crippen LogP contribution in [0.15, 0.2) is 78.1 Å². The highest BCUT2D eigenvalue weighted by atomic mass is 15.4. The Morgan fingerprint density at radius 3 is 2.44 bits per heavy atom. The van der Waals surface area contributed by atoms with Crippen molar-refractivity contribution in [3.63, 3.8) is 0 Å². The summed E-state index contributed by atoms with van der Waals surface area (Å²) in [5.74, 6) is 0.855. The van der Waals surface area contributed by atoms with E-state index in [-0.39, 0.29) is 6.17 Å².